The van der Waals surface area contributed by atoms with E-state index in [1.54, 1.807) is 16.6 Å². The molecule has 3 heterocycles. The van der Waals surface area contributed by atoms with E-state index >= 15 is 0 Å². The van der Waals surface area contributed by atoms with Gasteiger partial charge in [-0.3, -0.25) is 4.98 Å². The van der Waals surface area contributed by atoms with Crippen molar-refractivity contribution in [3.8, 4) is 11.4 Å². The second kappa shape index (κ2) is 4.03. The van der Waals surface area contributed by atoms with E-state index in [1.165, 1.54) is 0 Å². The summed E-state index contributed by atoms with van der Waals surface area (Å²) in [4.78, 5) is 4.42. The summed E-state index contributed by atoms with van der Waals surface area (Å²) in [5, 5.41) is 12.8. The van der Waals surface area contributed by atoms with E-state index in [0.717, 1.165) is 17.0 Å². The summed E-state index contributed by atoms with van der Waals surface area (Å²) in [6, 6.07) is 7.38. The van der Waals surface area contributed by atoms with Gasteiger partial charge in [-0.25, -0.2) is 0 Å². The van der Waals surface area contributed by atoms with Crippen LogP contribution in [-0.4, -0.2) is 24.8 Å². The maximum Gasteiger partial charge on any atom is 0.187 e. The van der Waals surface area contributed by atoms with Gasteiger partial charge in [-0.1, -0.05) is 11.6 Å². The lowest BCUT2D eigenvalue weighted by Crippen LogP contribution is -1.98. The van der Waals surface area contributed by atoms with Crippen molar-refractivity contribution in [2.75, 3.05) is 0 Å². The zero-order valence-electron chi connectivity index (χ0n) is 9.92. The Labute approximate surface area is 108 Å². The first-order chi connectivity index (χ1) is 8.65. The monoisotopic (exact) mass is 259 g/mol. The SMILES string of the molecule is Cc1ccc(-c2nnc3ccc(Cl)nn23)c(C)n1. The molecule has 0 saturated heterocycles. The Morgan fingerprint density at radius 1 is 1.06 bits per heavy atom. The van der Waals surface area contributed by atoms with Crippen LogP contribution in [0, 0.1) is 13.8 Å². The molecule has 0 saturated carbocycles. The molecule has 0 aliphatic carbocycles. The maximum absolute atomic E-state index is 5.90. The minimum absolute atomic E-state index is 0.404. The number of aromatic nitrogens is 5. The molecule has 0 N–H and O–H groups in total. The molecule has 3 aromatic heterocycles. The van der Waals surface area contributed by atoms with Gasteiger partial charge in [-0.2, -0.15) is 9.61 Å². The van der Waals surface area contributed by atoms with Gasteiger partial charge in [0.25, 0.3) is 0 Å². The zero-order chi connectivity index (χ0) is 12.7. The smallest absolute Gasteiger partial charge is 0.187 e. The van der Waals surface area contributed by atoms with Crippen molar-refractivity contribution in [3.05, 3.63) is 40.8 Å². The summed E-state index contributed by atoms with van der Waals surface area (Å²) in [6.07, 6.45) is 0. The second-order valence-electron chi connectivity index (χ2n) is 4.04. The zero-order valence-corrected chi connectivity index (χ0v) is 10.7. The van der Waals surface area contributed by atoms with E-state index in [0.29, 0.717) is 16.6 Å². The molecule has 0 aromatic carbocycles. The van der Waals surface area contributed by atoms with Crippen LogP contribution in [0.5, 0.6) is 0 Å². The molecular formula is C12H10ClN5. The molecule has 3 rings (SSSR count). The van der Waals surface area contributed by atoms with Crippen molar-refractivity contribution in [1.29, 1.82) is 0 Å². The van der Waals surface area contributed by atoms with Crippen LogP contribution in [0.3, 0.4) is 0 Å². The highest BCUT2D eigenvalue weighted by atomic mass is 35.5. The van der Waals surface area contributed by atoms with Crippen LogP contribution < -0.4 is 0 Å². The highest BCUT2D eigenvalue weighted by Gasteiger charge is 2.12. The Balaban J connectivity index is 2.28. The molecule has 3 aromatic rings. The standard InChI is InChI=1S/C12H10ClN5/c1-7-3-4-9(8(2)14-7)12-16-15-11-6-5-10(13)17-18(11)12/h3-6H,1-2H3. The Kier molecular flexibility index (Phi) is 2.48. The number of fused-ring (bicyclic) bond motifs is 1. The van der Waals surface area contributed by atoms with Crippen LogP contribution in [-0.2, 0) is 0 Å². The van der Waals surface area contributed by atoms with Crippen molar-refractivity contribution in [2.45, 2.75) is 13.8 Å². The fourth-order valence-corrected chi connectivity index (χ4v) is 2.00. The van der Waals surface area contributed by atoms with E-state index in [9.17, 15) is 0 Å². The summed E-state index contributed by atoms with van der Waals surface area (Å²) in [7, 11) is 0. The fraction of sp³-hybridized carbons (Fsp3) is 0.167. The molecule has 0 radical (unpaired) electrons. The minimum atomic E-state index is 0.404. The van der Waals surface area contributed by atoms with Gasteiger partial charge in [-0.05, 0) is 38.1 Å². The highest BCUT2D eigenvalue weighted by molar-refractivity contribution is 6.29. The van der Waals surface area contributed by atoms with Crippen molar-refractivity contribution in [1.82, 2.24) is 24.8 Å². The maximum atomic E-state index is 5.90. The van der Waals surface area contributed by atoms with Crippen molar-refractivity contribution in [2.24, 2.45) is 0 Å². The molecule has 6 heteroatoms. The molecule has 0 aliphatic rings. The molecule has 5 nitrogen and oxygen atoms in total. The van der Waals surface area contributed by atoms with Crippen LogP contribution in [0.25, 0.3) is 17.0 Å². The molecule has 0 bridgehead atoms. The van der Waals surface area contributed by atoms with Gasteiger partial charge in [0.05, 0.1) is 0 Å². The van der Waals surface area contributed by atoms with Crippen LogP contribution in [0.2, 0.25) is 5.15 Å². The average molecular weight is 260 g/mol. The number of pyridine rings is 1. The Hall–Kier alpha value is -2.01. The summed E-state index contributed by atoms with van der Waals surface area (Å²) in [5.74, 6) is 0.650. The number of nitrogens with zero attached hydrogens (tertiary/aromatic N) is 5. The first-order valence-corrected chi connectivity index (χ1v) is 5.85. The van der Waals surface area contributed by atoms with Crippen molar-refractivity contribution < 1.29 is 0 Å². The minimum Gasteiger partial charge on any atom is -0.258 e. The van der Waals surface area contributed by atoms with Crippen LogP contribution in [0.15, 0.2) is 24.3 Å². The lowest BCUT2D eigenvalue weighted by molar-refractivity contribution is 0.931. The number of rotatable bonds is 1. The quantitative estimate of drug-likeness (QED) is 0.674. The average Bonchev–Trinajstić information content (AvgIpc) is 2.72. The van der Waals surface area contributed by atoms with E-state index in [2.05, 4.69) is 20.3 Å². The first-order valence-electron chi connectivity index (χ1n) is 5.48. The topological polar surface area (TPSA) is 56.0 Å². The van der Waals surface area contributed by atoms with Gasteiger partial charge in [-0.15, -0.1) is 10.2 Å². The van der Waals surface area contributed by atoms with Crippen LogP contribution >= 0.6 is 11.6 Å². The lowest BCUT2D eigenvalue weighted by atomic mass is 10.2. The third kappa shape index (κ3) is 1.73. The number of halogens is 1. The van der Waals surface area contributed by atoms with Gasteiger partial charge in [0.1, 0.15) is 5.15 Å². The van der Waals surface area contributed by atoms with Gasteiger partial charge >= 0.3 is 0 Å². The van der Waals surface area contributed by atoms with E-state index in [1.807, 2.05) is 26.0 Å². The predicted octanol–water partition coefficient (Wildman–Crippen LogP) is 2.46. The van der Waals surface area contributed by atoms with Gasteiger partial charge < -0.3 is 0 Å². The van der Waals surface area contributed by atoms with Gasteiger partial charge in [0, 0.05) is 17.0 Å². The molecule has 0 unspecified atom stereocenters. The molecule has 90 valence electrons. The molecule has 0 spiro atoms. The summed E-state index contributed by atoms with van der Waals surface area (Å²) >= 11 is 5.90. The third-order valence-corrected chi connectivity index (χ3v) is 2.90. The fourth-order valence-electron chi connectivity index (χ4n) is 1.86. The number of aryl methyl sites for hydroxylation is 2. The van der Waals surface area contributed by atoms with Crippen LogP contribution in [0.4, 0.5) is 0 Å². The van der Waals surface area contributed by atoms with E-state index in [-0.39, 0.29) is 0 Å². The summed E-state index contributed by atoms with van der Waals surface area (Å²) in [6.45, 7) is 3.89. The predicted molar refractivity (Wildman–Crippen MR) is 68.5 cm³/mol. The van der Waals surface area contributed by atoms with Crippen LogP contribution in [0.1, 0.15) is 11.4 Å². The highest BCUT2D eigenvalue weighted by Crippen LogP contribution is 2.21. The van der Waals surface area contributed by atoms with Crippen molar-refractivity contribution in [3.63, 3.8) is 0 Å². The van der Waals surface area contributed by atoms with E-state index < -0.39 is 0 Å². The Bertz CT molecular complexity index is 734. The Morgan fingerprint density at radius 2 is 1.89 bits per heavy atom. The lowest BCUT2D eigenvalue weighted by Gasteiger charge is -2.03. The molecule has 0 atom stereocenters. The van der Waals surface area contributed by atoms with Crippen molar-refractivity contribution >= 4 is 17.2 Å². The molecule has 0 fully saturated rings. The number of hydrogen-bond acceptors (Lipinski definition) is 4. The first kappa shape index (κ1) is 11.1. The molecule has 18 heavy (non-hydrogen) atoms. The van der Waals surface area contributed by atoms with Gasteiger partial charge in [0.2, 0.25) is 0 Å². The Morgan fingerprint density at radius 3 is 2.67 bits per heavy atom. The molecule has 0 amide bonds. The van der Waals surface area contributed by atoms with E-state index in [4.69, 9.17) is 11.6 Å². The van der Waals surface area contributed by atoms with Gasteiger partial charge in [0.15, 0.2) is 11.5 Å². The molecular weight excluding hydrogens is 250 g/mol. The third-order valence-electron chi connectivity index (χ3n) is 2.70. The summed E-state index contributed by atoms with van der Waals surface area (Å²) < 4.78 is 1.63. The largest absolute Gasteiger partial charge is 0.258 e. The molecule has 0 aliphatic heterocycles. The normalized spacial score (nSPS) is 11.1. The summed E-state index contributed by atoms with van der Waals surface area (Å²) in [5.41, 5.74) is 3.43. The number of hydrogen-bond donors (Lipinski definition) is 0. The second-order valence-corrected chi connectivity index (χ2v) is 4.42.